The standard InChI is InChI=1S/C44H50ClN11O7/c1-43(2)40(44(3,4)41(43)63-30-6-5-27(21-46)32(45)20-30)55-35(57)10-9-34(39(55)61)56-38(60)31-19-29(7-8-33(31)50-51-56)62-25-36(58)53-13-11-26(12-14-53)24-52-15-17-54(18-16-52)42-48-22-28(23-49-42)37(47)59/h5-8,19-20,22-23,26,34,40-41H,9-18,24-25H2,1-4H3,(H2,47,59). The van der Waals surface area contributed by atoms with Crippen LogP contribution >= 0.6 is 11.6 Å². The number of hydrogen-bond donors (Lipinski definition) is 1. The first-order valence-electron chi connectivity index (χ1n) is 21.2. The van der Waals surface area contributed by atoms with Gasteiger partial charge in [0.2, 0.25) is 11.9 Å². The molecule has 63 heavy (non-hydrogen) atoms. The van der Waals surface area contributed by atoms with E-state index >= 15 is 0 Å². The predicted molar refractivity (Wildman–Crippen MR) is 230 cm³/mol. The topological polar surface area (TPSA) is 223 Å². The van der Waals surface area contributed by atoms with E-state index in [0.717, 1.165) is 50.2 Å². The molecule has 330 valence electrons. The fourth-order valence-electron chi connectivity index (χ4n) is 10.2. The molecule has 2 aromatic carbocycles. The molecule has 1 aliphatic carbocycles. The number of benzene rings is 2. The summed E-state index contributed by atoms with van der Waals surface area (Å²) in [6.45, 7) is 12.9. The second-order valence-corrected chi connectivity index (χ2v) is 18.4. The number of carbonyl (C=O) groups excluding carboxylic acids is 4. The van der Waals surface area contributed by atoms with E-state index in [1.807, 2.05) is 38.7 Å². The van der Waals surface area contributed by atoms with Crippen molar-refractivity contribution in [2.45, 2.75) is 71.6 Å². The summed E-state index contributed by atoms with van der Waals surface area (Å²) < 4.78 is 13.4. The lowest BCUT2D eigenvalue weighted by Crippen LogP contribution is -2.77. The van der Waals surface area contributed by atoms with E-state index in [9.17, 15) is 29.2 Å². The fourth-order valence-corrected chi connectivity index (χ4v) is 10.4. The number of carbonyl (C=O) groups is 4. The van der Waals surface area contributed by atoms with Crippen LogP contribution in [0.3, 0.4) is 0 Å². The molecular formula is C44H50ClN11O7. The number of primary amides is 1. The summed E-state index contributed by atoms with van der Waals surface area (Å²) in [6, 6.07) is 9.95. The number of ether oxygens (including phenoxy) is 2. The molecule has 1 atom stereocenters. The summed E-state index contributed by atoms with van der Waals surface area (Å²) in [5.41, 5.74) is 4.24. The van der Waals surface area contributed by atoms with Gasteiger partial charge in [-0.2, -0.15) is 9.94 Å². The van der Waals surface area contributed by atoms with Gasteiger partial charge in [0, 0.05) is 81.5 Å². The van der Waals surface area contributed by atoms with Gasteiger partial charge in [-0.1, -0.05) is 44.5 Å². The van der Waals surface area contributed by atoms with E-state index in [-0.39, 0.29) is 47.2 Å². The first kappa shape index (κ1) is 43.5. The number of hydrogen-bond acceptors (Lipinski definition) is 14. The van der Waals surface area contributed by atoms with Crippen molar-refractivity contribution in [2.75, 3.05) is 57.3 Å². The van der Waals surface area contributed by atoms with Crippen LogP contribution in [0.5, 0.6) is 11.5 Å². The highest BCUT2D eigenvalue weighted by Gasteiger charge is 2.68. The Bertz CT molecular complexity index is 2530. The van der Waals surface area contributed by atoms with Crippen molar-refractivity contribution < 1.29 is 28.7 Å². The van der Waals surface area contributed by atoms with Crippen molar-refractivity contribution in [1.82, 2.24) is 39.7 Å². The molecule has 1 unspecified atom stereocenters. The Hall–Kier alpha value is -6.19. The summed E-state index contributed by atoms with van der Waals surface area (Å²) in [7, 11) is 0. The van der Waals surface area contributed by atoms with Crippen LogP contribution in [0.25, 0.3) is 10.9 Å². The van der Waals surface area contributed by atoms with Gasteiger partial charge < -0.3 is 25.0 Å². The summed E-state index contributed by atoms with van der Waals surface area (Å²) in [4.78, 5) is 82.7. The molecule has 0 radical (unpaired) electrons. The summed E-state index contributed by atoms with van der Waals surface area (Å²) in [6.07, 6.45) is 4.32. The maximum Gasteiger partial charge on any atom is 0.278 e. The third-order valence-corrected chi connectivity index (χ3v) is 13.4. The second kappa shape index (κ2) is 17.2. The second-order valence-electron chi connectivity index (χ2n) is 18.0. The molecule has 4 fully saturated rings. The smallest absolute Gasteiger partial charge is 0.278 e. The lowest BCUT2D eigenvalue weighted by molar-refractivity contribution is -0.216. The van der Waals surface area contributed by atoms with Gasteiger partial charge in [-0.3, -0.25) is 33.8 Å². The summed E-state index contributed by atoms with van der Waals surface area (Å²) >= 11 is 6.27. The number of piperazine rings is 1. The third kappa shape index (κ3) is 8.39. The monoisotopic (exact) mass is 879 g/mol. The number of nitrogens with two attached hydrogens (primary N) is 1. The molecule has 4 amide bonds. The molecule has 18 nitrogen and oxygen atoms in total. The SMILES string of the molecule is CC1(C)C(Oc2ccc(C#N)c(Cl)c2)C(C)(C)C1N1C(=O)CCC(n2nnc3ccc(OCC(=O)N4CCC(CN5CCN(c6ncc(C(N)=O)cn6)CC5)CC4)cc3c2=O)C1=O. The van der Waals surface area contributed by atoms with Gasteiger partial charge >= 0.3 is 0 Å². The fraction of sp³-hybridized carbons (Fsp3) is 0.500. The third-order valence-electron chi connectivity index (χ3n) is 13.1. The molecule has 8 rings (SSSR count). The van der Waals surface area contributed by atoms with Gasteiger partial charge in [0.05, 0.1) is 27.6 Å². The van der Waals surface area contributed by atoms with Gasteiger partial charge in [0.15, 0.2) is 6.61 Å². The molecule has 2 aromatic heterocycles. The van der Waals surface area contributed by atoms with Crippen molar-refractivity contribution in [3.8, 4) is 17.6 Å². The van der Waals surface area contributed by atoms with Gasteiger partial charge in [-0.05, 0) is 55.5 Å². The Morgan fingerprint density at radius 3 is 2.25 bits per heavy atom. The number of fused-ring (bicyclic) bond motifs is 1. The number of halogens is 1. The number of imide groups is 1. The highest BCUT2D eigenvalue weighted by molar-refractivity contribution is 6.31. The van der Waals surface area contributed by atoms with E-state index in [0.29, 0.717) is 47.5 Å². The number of likely N-dealkylation sites (tertiary alicyclic amines) is 2. The van der Waals surface area contributed by atoms with Gasteiger partial charge in [0.1, 0.15) is 35.2 Å². The van der Waals surface area contributed by atoms with Crippen molar-refractivity contribution in [1.29, 1.82) is 5.26 Å². The Morgan fingerprint density at radius 1 is 0.921 bits per heavy atom. The molecule has 0 spiro atoms. The largest absolute Gasteiger partial charge is 0.489 e. The zero-order valence-corrected chi connectivity index (χ0v) is 36.5. The van der Waals surface area contributed by atoms with Crippen LogP contribution in [0.1, 0.15) is 75.3 Å². The number of nitriles is 1. The summed E-state index contributed by atoms with van der Waals surface area (Å²) in [5, 5.41) is 18.1. The van der Waals surface area contributed by atoms with Gasteiger partial charge in [-0.15, -0.1) is 5.10 Å². The van der Waals surface area contributed by atoms with E-state index in [1.54, 1.807) is 30.3 Å². The van der Waals surface area contributed by atoms with Crippen LogP contribution in [0.4, 0.5) is 5.95 Å². The lowest BCUT2D eigenvalue weighted by Gasteiger charge is -2.65. The number of nitrogens with zero attached hydrogens (tertiary/aromatic N) is 10. The number of anilines is 1. The van der Waals surface area contributed by atoms with E-state index in [4.69, 9.17) is 26.8 Å². The van der Waals surface area contributed by atoms with Crippen molar-refractivity contribution in [2.24, 2.45) is 22.5 Å². The average molecular weight is 880 g/mol. The minimum atomic E-state index is -1.07. The van der Waals surface area contributed by atoms with Crippen molar-refractivity contribution >= 4 is 52.1 Å². The molecule has 3 saturated heterocycles. The molecule has 2 N–H and O–H groups in total. The van der Waals surface area contributed by atoms with Crippen LogP contribution < -0.4 is 25.7 Å². The Labute approximate surface area is 368 Å². The molecule has 4 aliphatic rings. The first-order valence-corrected chi connectivity index (χ1v) is 21.6. The number of aromatic nitrogens is 5. The highest BCUT2D eigenvalue weighted by Crippen LogP contribution is 2.59. The normalized spacial score (nSPS) is 22.7. The van der Waals surface area contributed by atoms with Gasteiger partial charge in [-0.25, -0.2) is 9.97 Å². The quantitative estimate of drug-likeness (QED) is 0.214. The number of rotatable bonds is 11. The maximum absolute atomic E-state index is 14.3. The predicted octanol–water partition coefficient (Wildman–Crippen LogP) is 3.22. The minimum Gasteiger partial charge on any atom is -0.489 e. The first-order chi connectivity index (χ1) is 30.1. The Kier molecular flexibility index (Phi) is 11.8. The lowest BCUT2D eigenvalue weighted by atomic mass is 9.48. The van der Waals surface area contributed by atoms with E-state index < -0.39 is 46.4 Å². The molecular weight excluding hydrogens is 830 g/mol. The maximum atomic E-state index is 14.3. The molecule has 3 aliphatic heterocycles. The van der Waals surface area contributed by atoms with Gasteiger partial charge in [0.25, 0.3) is 23.3 Å². The number of piperidine rings is 2. The van der Waals surface area contributed by atoms with E-state index in [1.165, 1.54) is 23.4 Å². The zero-order valence-electron chi connectivity index (χ0n) is 35.7. The Morgan fingerprint density at radius 2 is 1.60 bits per heavy atom. The van der Waals surface area contributed by atoms with Crippen LogP contribution in [0.2, 0.25) is 5.02 Å². The summed E-state index contributed by atoms with van der Waals surface area (Å²) in [5.74, 6) is 0.211. The zero-order chi connectivity index (χ0) is 44.8. The average Bonchev–Trinajstić information content (AvgIpc) is 3.27. The van der Waals surface area contributed by atoms with Crippen LogP contribution in [0.15, 0.2) is 53.6 Å². The van der Waals surface area contributed by atoms with Crippen LogP contribution in [0, 0.1) is 28.1 Å². The molecule has 1 saturated carbocycles. The molecule has 19 heteroatoms. The molecule has 4 aromatic rings. The number of amides is 4. The Balaban J connectivity index is 0.859. The van der Waals surface area contributed by atoms with Crippen molar-refractivity contribution in [3.63, 3.8) is 0 Å². The van der Waals surface area contributed by atoms with E-state index in [2.05, 4.69) is 30.1 Å². The molecule has 5 heterocycles. The minimum absolute atomic E-state index is 0.0223. The van der Waals surface area contributed by atoms with Crippen LogP contribution in [-0.4, -0.2) is 128 Å². The van der Waals surface area contributed by atoms with Crippen LogP contribution in [-0.2, 0) is 14.4 Å². The van der Waals surface area contributed by atoms with Crippen molar-refractivity contribution in [3.05, 3.63) is 75.3 Å². The highest BCUT2D eigenvalue weighted by atomic mass is 35.5. The molecule has 0 bridgehead atoms.